The summed E-state index contributed by atoms with van der Waals surface area (Å²) in [5, 5.41) is 0. The second-order valence-electron chi connectivity index (χ2n) is 6.70. The molecule has 0 unspecified atom stereocenters. The molecule has 1 saturated carbocycles. The van der Waals surface area contributed by atoms with Gasteiger partial charge in [-0.25, -0.2) is 9.97 Å². The van der Waals surface area contributed by atoms with Gasteiger partial charge in [-0.15, -0.1) is 0 Å². The third-order valence-electron chi connectivity index (χ3n) is 5.35. The molecule has 1 aliphatic heterocycles. The van der Waals surface area contributed by atoms with E-state index in [1.165, 1.54) is 45.1 Å². The minimum absolute atomic E-state index is 0.444. The van der Waals surface area contributed by atoms with Gasteiger partial charge in [0.05, 0.1) is 24.1 Å². The second kappa shape index (κ2) is 6.40. The first-order valence-electron chi connectivity index (χ1n) is 8.97. The number of aromatic nitrogens is 4. The zero-order chi connectivity index (χ0) is 15.6. The molecule has 0 bridgehead atoms. The average molecular weight is 311 g/mol. The molecule has 122 valence electrons. The first kappa shape index (κ1) is 14.8. The van der Waals surface area contributed by atoms with Gasteiger partial charge in [-0.05, 0) is 32.2 Å². The first-order valence-corrected chi connectivity index (χ1v) is 8.97. The normalized spacial score (nSPS) is 22.9. The second-order valence-corrected chi connectivity index (χ2v) is 6.70. The summed E-state index contributed by atoms with van der Waals surface area (Å²) in [7, 11) is 0. The highest BCUT2D eigenvalue weighted by atomic mass is 15.2. The van der Waals surface area contributed by atoms with Gasteiger partial charge in [-0.3, -0.25) is 14.5 Å². The van der Waals surface area contributed by atoms with Crippen molar-refractivity contribution in [1.29, 1.82) is 0 Å². The third kappa shape index (κ3) is 2.78. The van der Waals surface area contributed by atoms with E-state index in [1.807, 2.05) is 24.8 Å². The van der Waals surface area contributed by atoms with E-state index < -0.39 is 0 Å². The van der Waals surface area contributed by atoms with Gasteiger partial charge < -0.3 is 0 Å². The van der Waals surface area contributed by atoms with Gasteiger partial charge in [-0.1, -0.05) is 19.8 Å². The maximum absolute atomic E-state index is 4.95. The van der Waals surface area contributed by atoms with Crippen LogP contribution in [0.1, 0.15) is 63.0 Å². The maximum atomic E-state index is 4.95. The van der Waals surface area contributed by atoms with Crippen LogP contribution in [0.3, 0.4) is 0 Å². The Balaban J connectivity index is 1.63. The average Bonchev–Trinajstić information content (AvgIpc) is 3.34. The number of hydrogen-bond donors (Lipinski definition) is 0. The van der Waals surface area contributed by atoms with Crippen molar-refractivity contribution in [2.75, 3.05) is 6.54 Å². The van der Waals surface area contributed by atoms with E-state index >= 15 is 0 Å². The Labute approximate surface area is 137 Å². The highest BCUT2D eigenvalue weighted by molar-refractivity contribution is 5.24. The number of aryl methyl sites for hydroxylation is 1. The Bertz CT molecular complexity index is 659. The van der Waals surface area contributed by atoms with Gasteiger partial charge >= 0.3 is 0 Å². The number of rotatable bonds is 4. The van der Waals surface area contributed by atoms with Crippen molar-refractivity contribution in [3.8, 4) is 5.82 Å². The van der Waals surface area contributed by atoms with Crippen LogP contribution in [-0.4, -0.2) is 37.0 Å². The van der Waals surface area contributed by atoms with Gasteiger partial charge in [-0.2, -0.15) is 0 Å². The Hall–Kier alpha value is -1.75. The molecule has 2 aromatic heterocycles. The quantitative estimate of drug-likeness (QED) is 0.869. The van der Waals surface area contributed by atoms with Crippen LogP contribution in [0.5, 0.6) is 0 Å². The van der Waals surface area contributed by atoms with E-state index in [9.17, 15) is 0 Å². The van der Waals surface area contributed by atoms with Crippen LogP contribution < -0.4 is 0 Å². The molecule has 4 rings (SSSR count). The highest BCUT2D eigenvalue weighted by Crippen LogP contribution is 2.37. The molecule has 0 spiro atoms. The van der Waals surface area contributed by atoms with Gasteiger partial charge in [0.1, 0.15) is 5.82 Å². The number of imidazole rings is 1. The standard InChI is InChI=1S/C18H25N5/c1-2-17-20-9-11-23(17)18-13-19-12-15(21-18)16-8-5-10-22(16)14-6-3-4-7-14/h9,11-14,16H,2-8,10H2,1H3/t16-/m1/s1. The molecule has 5 nitrogen and oxygen atoms in total. The molecule has 0 amide bonds. The Kier molecular flexibility index (Phi) is 4.12. The molecule has 5 heteroatoms. The number of likely N-dealkylation sites (tertiary alicyclic amines) is 1. The van der Waals surface area contributed by atoms with E-state index in [-0.39, 0.29) is 0 Å². The minimum Gasteiger partial charge on any atom is -0.292 e. The van der Waals surface area contributed by atoms with Crippen LogP contribution in [-0.2, 0) is 6.42 Å². The lowest BCUT2D eigenvalue weighted by molar-refractivity contribution is 0.179. The lowest BCUT2D eigenvalue weighted by Crippen LogP contribution is -2.33. The molecule has 1 atom stereocenters. The molecule has 23 heavy (non-hydrogen) atoms. The van der Waals surface area contributed by atoms with E-state index in [0.29, 0.717) is 6.04 Å². The molecule has 1 aliphatic carbocycles. The molecule has 2 aliphatic rings. The van der Waals surface area contributed by atoms with Crippen molar-refractivity contribution in [2.24, 2.45) is 0 Å². The van der Waals surface area contributed by atoms with Crippen molar-refractivity contribution in [3.05, 3.63) is 36.3 Å². The summed E-state index contributed by atoms with van der Waals surface area (Å²) in [4.78, 5) is 16.5. The third-order valence-corrected chi connectivity index (χ3v) is 5.35. The fraction of sp³-hybridized carbons (Fsp3) is 0.611. The fourth-order valence-corrected chi connectivity index (χ4v) is 4.23. The van der Waals surface area contributed by atoms with Crippen LogP contribution >= 0.6 is 0 Å². The molecule has 2 aromatic rings. The van der Waals surface area contributed by atoms with Crippen LogP contribution in [0.25, 0.3) is 5.82 Å². The fourth-order valence-electron chi connectivity index (χ4n) is 4.23. The van der Waals surface area contributed by atoms with E-state index in [1.54, 1.807) is 0 Å². The Morgan fingerprint density at radius 1 is 1.13 bits per heavy atom. The zero-order valence-corrected chi connectivity index (χ0v) is 13.9. The van der Waals surface area contributed by atoms with Crippen molar-refractivity contribution in [3.63, 3.8) is 0 Å². The highest BCUT2D eigenvalue weighted by Gasteiger charge is 2.34. The molecule has 1 saturated heterocycles. The molecule has 0 radical (unpaired) electrons. The van der Waals surface area contributed by atoms with Crippen molar-refractivity contribution < 1.29 is 0 Å². The summed E-state index contributed by atoms with van der Waals surface area (Å²) < 4.78 is 2.06. The van der Waals surface area contributed by atoms with Gasteiger partial charge in [0.2, 0.25) is 0 Å². The van der Waals surface area contributed by atoms with E-state index in [2.05, 4.69) is 26.4 Å². The zero-order valence-electron chi connectivity index (χ0n) is 13.9. The van der Waals surface area contributed by atoms with E-state index in [0.717, 1.165) is 29.8 Å². The molecule has 0 N–H and O–H groups in total. The van der Waals surface area contributed by atoms with Crippen molar-refractivity contribution in [2.45, 2.75) is 64.0 Å². The van der Waals surface area contributed by atoms with Crippen LogP contribution in [0.4, 0.5) is 0 Å². The summed E-state index contributed by atoms with van der Waals surface area (Å²) in [5.74, 6) is 1.94. The van der Waals surface area contributed by atoms with Crippen molar-refractivity contribution >= 4 is 0 Å². The molecular formula is C18H25N5. The smallest absolute Gasteiger partial charge is 0.156 e. The van der Waals surface area contributed by atoms with Crippen molar-refractivity contribution in [1.82, 2.24) is 24.4 Å². The minimum atomic E-state index is 0.444. The summed E-state index contributed by atoms with van der Waals surface area (Å²) in [6, 6.07) is 1.20. The predicted molar refractivity (Wildman–Crippen MR) is 89.5 cm³/mol. The lowest BCUT2D eigenvalue weighted by Gasteiger charge is -2.30. The summed E-state index contributed by atoms with van der Waals surface area (Å²) in [6.07, 6.45) is 16.5. The van der Waals surface area contributed by atoms with Gasteiger partial charge in [0.15, 0.2) is 5.82 Å². The first-order chi connectivity index (χ1) is 11.4. The topological polar surface area (TPSA) is 46.8 Å². The van der Waals surface area contributed by atoms with Crippen LogP contribution in [0.2, 0.25) is 0 Å². The molecule has 2 fully saturated rings. The maximum Gasteiger partial charge on any atom is 0.156 e. The van der Waals surface area contributed by atoms with Gasteiger partial charge in [0.25, 0.3) is 0 Å². The predicted octanol–water partition coefficient (Wildman–Crippen LogP) is 3.30. The molecular weight excluding hydrogens is 286 g/mol. The Morgan fingerprint density at radius 3 is 2.83 bits per heavy atom. The lowest BCUT2D eigenvalue weighted by atomic mass is 10.1. The van der Waals surface area contributed by atoms with Crippen LogP contribution in [0.15, 0.2) is 24.8 Å². The largest absolute Gasteiger partial charge is 0.292 e. The monoisotopic (exact) mass is 311 g/mol. The SMILES string of the molecule is CCc1nccn1-c1cncc([C@H]2CCCN2C2CCCC2)n1. The summed E-state index contributed by atoms with van der Waals surface area (Å²) >= 11 is 0. The number of hydrogen-bond acceptors (Lipinski definition) is 4. The molecule has 0 aromatic carbocycles. The van der Waals surface area contributed by atoms with E-state index in [4.69, 9.17) is 4.98 Å². The van der Waals surface area contributed by atoms with Crippen LogP contribution in [0, 0.1) is 0 Å². The Morgan fingerprint density at radius 2 is 2.00 bits per heavy atom. The molecule has 3 heterocycles. The summed E-state index contributed by atoms with van der Waals surface area (Å²) in [6.45, 7) is 3.33. The summed E-state index contributed by atoms with van der Waals surface area (Å²) in [5.41, 5.74) is 1.13. The van der Waals surface area contributed by atoms with Gasteiger partial charge in [0, 0.05) is 24.9 Å². The number of nitrogens with zero attached hydrogens (tertiary/aromatic N) is 5.